The number of fused-ring (bicyclic) bond motifs is 1. The number of Topliss-reactive ketones (excluding diaryl/α,β-unsaturated/α-hetero) is 1. The number of H-pyrrole nitrogens is 1. The van der Waals surface area contributed by atoms with Crippen molar-refractivity contribution in [1.29, 1.82) is 0 Å². The molecule has 0 aromatic carbocycles. The Morgan fingerprint density at radius 3 is 3.06 bits per heavy atom. The van der Waals surface area contributed by atoms with Crippen LogP contribution in [0.15, 0.2) is 16.9 Å². The van der Waals surface area contributed by atoms with Gasteiger partial charge in [-0.25, -0.2) is 4.98 Å². The van der Waals surface area contributed by atoms with Gasteiger partial charge in [-0.3, -0.25) is 4.79 Å². The second kappa shape index (κ2) is 4.55. The molecule has 16 heavy (non-hydrogen) atoms. The van der Waals surface area contributed by atoms with Crippen LogP contribution in [0.4, 0.5) is 0 Å². The molecule has 0 unspecified atom stereocenters. The van der Waals surface area contributed by atoms with Gasteiger partial charge in [0.15, 0.2) is 5.78 Å². The Morgan fingerprint density at radius 1 is 1.62 bits per heavy atom. The molecule has 0 spiro atoms. The van der Waals surface area contributed by atoms with E-state index in [1.807, 2.05) is 6.92 Å². The molecule has 0 aliphatic rings. The number of halogens is 2. The molecule has 1 N–H and O–H groups in total. The van der Waals surface area contributed by atoms with Gasteiger partial charge in [-0.1, -0.05) is 0 Å². The van der Waals surface area contributed by atoms with Crippen molar-refractivity contribution in [2.45, 2.75) is 13.3 Å². The summed E-state index contributed by atoms with van der Waals surface area (Å²) in [5.41, 5.74) is 2.38. The van der Waals surface area contributed by atoms with E-state index in [-0.39, 0.29) is 5.78 Å². The Balaban J connectivity index is 2.63. The SMILES string of the molecule is Cc1cnc2[nH]cc(C(=O)CCCl)c2c1Br. The number of carbonyl (C=O) groups excluding carboxylic acids is 1. The molecule has 0 saturated heterocycles. The highest BCUT2D eigenvalue weighted by Gasteiger charge is 2.15. The summed E-state index contributed by atoms with van der Waals surface area (Å²) in [5.74, 6) is 0.372. The van der Waals surface area contributed by atoms with E-state index in [4.69, 9.17) is 11.6 Å². The Hall–Kier alpha value is -0.870. The number of aromatic nitrogens is 2. The quantitative estimate of drug-likeness (QED) is 0.697. The molecule has 3 nitrogen and oxygen atoms in total. The largest absolute Gasteiger partial charge is 0.345 e. The number of hydrogen-bond acceptors (Lipinski definition) is 2. The summed E-state index contributed by atoms with van der Waals surface area (Å²) in [4.78, 5) is 19.1. The van der Waals surface area contributed by atoms with E-state index in [0.717, 1.165) is 21.1 Å². The first kappa shape index (κ1) is 11.6. The van der Waals surface area contributed by atoms with Crippen molar-refractivity contribution in [2.24, 2.45) is 0 Å². The molecule has 0 radical (unpaired) electrons. The highest BCUT2D eigenvalue weighted by molar-refractivity contribution is 9.10. The first-order valence-corrected chi connectivity index (χ1v) is 6.19. The van der Waals surface area contributed by atoms with E-state index in [0.29, 0.717) is 17.9 Å². The van der Waals surface area contributed by atoms with Crippen LogP contribution in [0.1, 0.15) is 22.3 Å². The number of aryl methyl sites for hydroxylation is 1. The third-order valence-corrected chi connectivity index (χ3v) is 3.65. The summed E-state index contributed by atoms with van der Waals surface area (Å²) in [7, 11) is 0. The minimum Gasteiger partial charge on any atom is -0.345 e. The van der Waals surface area contributed by atoms with E-state index < -0.39 is 0 Å². The van der Waals surface area contributed by atoms with Crippen molar-refractivity contribution >= 4 is 44.3 Å². The topological polar surface area (TPSA) is 45.8 Å². The van der Waals surface area contributed by atoms with Crippen LogP contribution in [0.2, 0.25) is 0 Å². The number of alkyl halides is 1. The van der Waals surface area contributed by atoms with Crippen LogP contribution in [-0.4, -0.2) is 21.6 Å². The number of nitrogens with one attached hydrogen (secondary N) is 1. The van der Waals surface area contributed by atoms with Gasteiger partial charge in [0, 0.05) is 40.1 Å². The van der Waals surface area contributed by atoms with E-state index in [2.05, 4.69) is 25.9 Å². The second-order valence-electron chi connectivity index (χ2n) is 3.54. The summed E-state index contributed by atoms with van der Waals surface area (Å²) in [5, 5.41) is 0.843. The number of pyridine rings is 1. The lowest BCUT2D eigenvalue weighted by molar-refractivity contribution is 0.0991. The summed E-state index contributed by atoms with van der Waals surface area (Å²) in [6.45, 7) is 1.94. The maximum Gasteiger partial charge on any atom is 0.166 e. The average molecular weight is 302 g/mol. The van der Waals surface area contributed by atoms with Gasteiger partial charge in [0.05, 0.1) is 0 Å². The monoisotopic (exact) mass is 300 g/mol. The zero-order valence-electron chi connectivity index (χ0n) is 8.68. The summed E-state index contributed by atoms with van der Waals surface area (Å²) in [6.07, 6.45) is 3.80. The highest BCUT2D eigenvalue weighted by Crippen LogP contribution is 2.29. The maximum atomic E-state index is 11.8. The molecule has 0 aliphatic heterocycles. The number of ketones is 1. The van der Waals surface area contributed by atoms with E-state index in [1.54, 1.807) is 12.4 Å². The molecule has 2 aromatic heterocycles. The summed E-state index contributed by atoms with van der Waals surface area (Å²) < 4.78 is 0.914. The van der Waals surface area contributed by atoms with Crippen molar-refractivity contribution in [2.75, 3.05) is 5.88 Å². The van der Waals surface area contributed by atoms with Crippen LogP contribution < -0.4 is 0 Å². The lowest BCUT2D eigenvalue weighted by Crippen LogP contribution is -1.99. The molecule has 0 atom stereocenters. The van der Waals surface area contributed by atoms with E-state index >= 15 is 0 Å². The van der Waals surface area contributed by atoms with Gasteiger partial charge >= 0.3 is 0 Å². The number of carbonyl (C=O) groups is 1. The van der Waals surface area contributed by atoms with Gasteiger partial charge in [-0.05, 0) is 28.4 Å². The van der Waals surface area contributed by atoms with Crippen LogP contribution in [0, 0.1) is 6.92 Å². The molecule has 2 heterocycles. The third-order valence-electron chi connectivity index (χ3n) is 2.43. The van der Waals surface area contributed by atoms with Gasteiger partial charge < -0.3 is 4.98 Å². The van der Waals surface area contributed by atoms with Crippen molar-refractivity contribution in [3.63, 3.8) is 0 Å². The molecular formula is C11H10BrClN2O. The standard InChI is InChI=1S/C11H10BrClN2O/c1-6-4-14-11-9(10(6)12)7(5-15-11)8(16)2-3-13/h4-5H,2-3H2,1H3,(H,14,15). The van der Waals surface area contributed by atoms with Crippen molar-refractivity contribution in [3.05, 3.63) is 28.0 Å². The second-order valence-corrected chi connectivity index (χ2v) is 4.71. The number of rotatable bonds is 3. The molecule has 0 fully saturated rings. The lowest BCUT2D eigenvalue weighted by Gasteiger charge is -2.01. The zero-order chi connectivity index (χ0) is 11.7. The van der Waals surface area contributed by atoms with Crippen LogP contribution in [0.5, 0.6) is 0 Å². The van der Waals surface area contributed by atoms with Crippen molar-refractivity contribution in [1.82, 2.24) is 9.97 Å². The number of hydrogen-bond donors (Lipinski definition) is 1. The Kier molecular flexibility index (Phi) is 3.30. The first-order chi connectivity index (χ1) is 7.65. The van der Waals surface area contributed by atoms with Crippen molar-refractivity contribution in [3.8, 4) is 0 Å². The molecular weight excluding hydrogens is 291 g/mol. The van der Waals surface area contributed by atoms with Crippen LogP contribution in [0.3, 0.4) is 0 Å². The van der Waals surface area contributed by atoms with Crippen molar-refractivity contribution < 1.29 is 4.79 Å². The zero-order valence-corrected chi connectivity index (χ0v) is 11.0. The molecule has 2 aromatic rings. The predicted octanol–water partition coefficient (Wildman–Crippen LogP) is 3.45. The van der Waals surface area contributed by atoms with Gasteiger partial charge in [0.2, 0.25) is 0 Å². The van der Waals surface area contributed by atoms with Gasteiger partial charge in [0.1, 0.15) is 5.65 Å². The van der Waals surface area contributed by atoms with Gasteiger partial charge in [-0.2, -0.15) is 0 Å². The molecule has 0 aliphatic carbocycles. The van der Waals surface area contributed by atoms with Crippen LogP contribution in [-0.2, 0) is 0 Å². The summed E-state index contributed by atoms with van der Waals surface area (Å²) >= 11 is 9.06. The molecule has 5 heteroatoms. The molecule has 0 amide bonds. The van der Waals surface area contributed by atoms with E-state index in [1.165, 1.54) is 0 Å². The minimum absolute atomic E-state index is 0.0364. The average Bonchev–Trinajstić information content (AvgIpc) is 2.68. The fraction of sp³-hybridized carbons (Fsp3) is 0.273. The number of nitrogens with zero attached hydrogens (tertiary/aromatic N) is 1. The predicted molar refractivity (Wildman–Crippen MR) is 68.2 cm³/mol. The fourth-order valence-electron chi connectivity index (χ4n) is 1.59. The Bertz CT molecular complexity index is 550. The molecule has 0 bridgehead atoms. The van der Waals surface area contributed by atoms with Gasteiger partial charge in [0.25, 0.3) is 0 Å². The first-order valence-electron chi connectivity index (χ1n) is 4.86. The Morgan fingerprint density at radius 2 is 2.38 bits per heavy atom. The molecule has 0 saturated carbocycles. The minimum atomic E-state index is 0.0364. The van der Waals surface area contributed by atoms with E-state index in [9.17, 15) is 4.79 Å². The smallest absolute Gasteiger partial charge is 0.166 e. The molecule has 2 rings (SSSR count). The van der Waals surface area contributed by atoms with Crippen LogP contribution >= 0.6 is 27.5 Å². The third kappa shape index (κ3) is 1.87. The normalized spacial score (nSPS) is 10.9. The Labute approximate surface area is 106 Å². The molecule has 84 valence electrons. The van der Waals surface area contributed by atoms with Gasteiger partial charge in [-0.15, -0.1) is 11.6 Å². The fourth-order valence-corrected chi connectivity index (χ4v) is 2.27. The van der Waals surface area contributed by atoms with Crippen LogP contribution in [0.25, 0.3) is 11.0 Å². The highest BCUT2D eigenvalue weighted by atomic mass is 79.9. The summed E-state index contributed by atoms with van der Waals surface area (Å²) in [6, 6.07) is 0. The maximum absolute atomic E-state index is 11.8. The lowest BCUT2D eigenvalue weighted by atomic mass is 10.1. The number of aromatic amines is 1.